The van der Waals surface area contributed by atoms with Gasteiger partial charge in [0.2, 0.25) is 0 Å². The lowest BCUT2D eigenvalue weighted by atomic mass is 10.2. The summed E-state index contributed by atoms with van der Waals surface area (Å²) in [5.74, 6) is 0.957. The summed E-state index contributed by atoms with van der Waals surface area (Å²) in [6.45, 7) is 4.21. The number of rotatable bonds is 3. The van der Waals surface area contributed by atoms with Gasteiger partial charge < -0.3 is 4.98 Å². The molecule has 0 fully saturated rings. The second-order valence-electron chi connectivity index (χ2n) is 3.64. The summed E-state index contributed by atoms with van der Waals surface area (Å²) in [4.78, 5) is 12.0. The zero-order valence-electron chi connectivity index (χ0n) is 8.67. The Bertz CT molecular complexity index is 431. The zero-order chi connectivity index (χ0) is 9.97. The normalized spacial score (nSPS) is 11.0. The lowest BCUT2D eigenvalue weighted by Gasteiger charge is -1.97. The van der Waals surface area contributed by atoms with Gasteiger partial charge in [-0.05, 0) is 19.4 Å². The second kappa shape index (κ2) is 3.78. The van der Waals surface area contributed by atoms with E-state index in [1.807, 2.05) is 13.1 Å². The van der Waals surface area contributed by atoms with Crippen molar-refractivity contribution in [2.24, 2.45) is 0 Å². The largest absolute Gasteiger partial charge is 0.356 e. The first-order chi connectivity index (χ1) is 6.79. The number of hydrogen-bond acceptors (Lipinski definition) is 2. The van der Waals surface area contributed by atoms with Crippen molar-refractivity contribution in [2.45, 2.75) is 33.1 Å². The van der Waals surface area contributed by atoms with E-state index in [0.717, 1.165) is 35.4 Å². The average Bonchev–Trinajstić information content (AvgIpc) is 2.54. The van der Waals surface area contributed by atoms with Crippen LogP contribution in [0.25, 0.3) is 11.0 Å². The molecule has 3 heteroatoms. The first kappa shape index (κ1) is 9.19. The van der Waals surface area contributed by atoms with Gasteiger partial charge in [0.1, 0.15) is 5.82 Å². The fraction of sp³-hybridized carbons (Fsp3) is 0.455. The molecule has 74 valence electrons. The highest BCUT2D eigenvalue weighted by Crippen LogP contribution is 2.12. The molecule has 0 bridgehead atoms. The van der Waals surface area contributed by atoms with Gasteiger partial charge in [0.25, 0.3) is 0 Å². The fourth-order valence-electron chi connectivity index (χ4n) is 1.55. The summed E-state index contributed by atoms with van der Waals surface area (Å²) >= 11 is 0. The van der Waals surface area contributed by atoms with E-state index >= 15 is 0 Å². The van der Waals surface area contributed by atoms with Crippen molar-refractivity contribution in [2.75, 3.05) is 0 Å². The summed E-state index contributed by atoms with van der Waals surface area (Å²) in [6.07, 6.45) is 5.21. The van der Waals surface area contributed by atoms with Crippen LogP contribution in [0.1, 0.15) is 31.3 Å². The zero-order valence-corrected chi connectivity index (χ0v) is 8.67. The van der Waals surface area contributed by atoms with Crippen molar-refractivity contribution in [1.29, 1.82) is 0 Å². The number of hydrogen-bond donors (Lipinski definition) is 1. The van der Waals surface area contributed by atoms with E-state index in [9.17, 15) is 0 Å². The summed E-state index contributed by atoms with van der Waals surface area (Å²) < 4.78 is 0. The topological polar surface area (TPSA) is 41.6 Å². The molecule has 14 heavy (non-hydrogen) atoms. The number of nitrogens with zero attached hydrogens (tertiary/aromatic N) is 2. The molecule has 0 aliphatic heterocycles. The number of unbranched alkanes of at least 4 members (excludes halogenated alkanes) is 1. The number of nitrogens with one attached hydrogen (secondary N) is 1. The Balaban J connectivity index is 2.31. The molecule has 2 aromatic heterocycles. The van der Waals surface area contributed by atoms with E-state index in [4.69, 9.17) is 0 Å². The molecule has 0 unspecified atom stereocenters. The molecule has 0 aliphatic rings. The van der Waals surface area contributed by atoms with Crippen LogP contribution in [-0.4, -0.2) is 15.0 Å². The molecule has 0 saturated heterocycles. The summed E-state index contributed by atoms with van der Waals surface area (Å²) in [6, 6.07) is 2.06. The smallest absolute Gasteiger partial charge is 0.129 e. The number of aromatic amines is 1. The van der Waals surface area contributed by atoms with Crippen LogP contribution in [0.3, 0.4) is 0 Å². The molecule has 2 aromatic rings. The molecule has 3 nitrogen and oxygen atoms in total. The van der Waals surface area contributed by atoms with Crippen molar-refractivity contribution in [1.82, 2.24) is 15.0 Å². The highest BCUT2D eigenvalue weighted by Gasteiger charge is 2.01. The third-order valence-electron chi connectivity index (χ3n) is 2.31. The van der Waals surface area contributed by atoms with Crippen LogP contribution in [0, 0.1) is 6.92 Å². The van der Waals surface area contributed by atoms with Gasteiger partial charge in [-0.3, -0.25) is 0 Å². The van der Waals surface area contributed by atoms with Gasteiger partial charge in [-0.25, -0.2) is 9.97 Å². The minimum Gasteiger partial charge on any atom is -0.356 e. The monoisotopic (exact) mass is 189 g/mol. The number of fused-ring (bicyclic) bond motifs is 1. The van der Waals surface area contributed by atoms with Crippen molar-refractivity contribution in [3.05, 3.63) is 23.8 Å². The predicted molar refractivity (Wildman–Crippen MR) is 57.2 cm³/mol. The molecule has 0 radical (unpaired) electrons. The molecule has 0 spiro atoms. The fourth-order valence-corrected chi connectivity index (χ4v) is 1.55. The van der Waals surface area contributed by atoms with E-state index in [1.54, 1.807) is 0 Å². The van der Waals surface area contributed by atoms with Gasteiger partial charge in [-0.15, -0.1) is 0 Å². The highest BCUT2D eigenvalue weighted by molar-refractivity contribution is 5.74. The van der Waals surface area contributed by atoms with Crippen molar-refractivity contribution < 1.29 is 0 Å². The van der Waals surface area contributed by atoms with Crippen molar-refractivity contribution in [3.8, 4) is 0 Å². The molecule has 0 aliphatic carbocycles. The number of H-pyrrole nitrogens is 1. The second-order valence-corrected chi connectivity index (χ2v) is 3.64. The predicted octanol–water partition coefficient (Wildman–Crippen LogP) is 2.61. The van der Waals surface area contributed by atoms with E-state index in [-0.39, 0.29) is 0 Å². The molecule has 1 N–H and O–H groups in total. The summed E-state index contributed by atoms with van der Waals surface area (Å²) in [5.41, 5.74) is 3.20. The molecule has 0 atom stereocenters. The van der Waals surface area contributed by atoms with Crippen molar-refractivity contribution >= 4 is 11.0 Å². The molecule has 0 saturated carbocycles. The van der Waals surface area contributed by atoms with Gasteiger partial charge in [0.15, 0.2) is 0 Å². The Kier molecular flexibility index (Phi) is 2.48. The quantitative estimate of drug-likeness (QED) is 0.806. The Labute approximate surface area is 83.6 Å². The Morgan fingerprint density at radius 1 is 1.43 bits per heavy atom. The van der Waals surface area contributed by atoms with E-state index in [0.29, 0.717) is 0 Å². The van der Waals surface area contributed by atoms with Crippen molar-refractivity contribution in [3.63, 3.8) is 0 Å². The number of aromatic nitrogens is 3. The first-order valence-electron chi connectivity index (χ1n) is 5.11. The van der Waals surface area contributed by atoms with Gasteiger partial charge in [0.05, 0.1) is 17.2 Å². The highest BCUT2D eigenvalue weighted by atomic mass is 14.9. The molecule has 2 heterocycles. The van der Waals surface area contributed by atoms with Crippen LogP contribution in [0.2, 0.25) is 0 Å². The Morgan fingerprint density at radius 2 is 2.29 bits per heavy atom. The molecule has 2 rings (SSSR count). The van der Waals surface area contributed by atoms with Gasteiger partial charge in [0, 0.05) is 12.1 Å². The maximum Gasteiger partial charge on any atom is 0.129 e. The average molecular weight is 189 g/mol. The SMILES string of the molecule is CCCCc1ncc2[nH]c(C)cc2n1. The standard InChI is InChI=1S/C11H15N3/c1-3-4-5-11-12-7-10-9(14-11)6-8(2)13-10/h6-7,13H,3-5H2,1-2H3. The minimum absolute atomic E-state index is 0.957. The van der Waals surface area contributed by atoms with Crippen LogP contribution in [0.15, 0.2) is 12.3 Å². The number of aryl methyl sites for hydroxylation is 2. The molecular weight excluding hydrogens is 174 g/mol. The van der Waals surface area contributed by atoms with Crippen LogP contribution in [0.4, 0.5) is 0 Å². The molecule has 0 aromatic carbocycles. The lowest BCUT2D eigenvalue weighted by Crippen LogP contribution is -1.93. The van der Waals surface area contributed by atoms with Gasteiger partial charge >= 0.3 is 0 Å². The van der Waals surface area contributed by atoms with Crippen LogP contribution in [0.5, 0.6) is 0 Å². The first-order valence-corrected chi connectivity index (χ1v) is 5.11. The molecular formula is C11H15N3. The van der Waals surface area contributed by atoms with Crippen LogP contribution >= 0.6 is 0 Å². The maximum atomic E-state index is 4.49. The minimum atomic E-state index is 0.957. The third-order valence-corrected chi connectivity index (χ3v) is 2.31. The molecule has 0 amide bonds. The summed E-state index contributed by atoms with van der Waals surface area (Å²) in [5, 5.41) is 0. The maximum absolute atomic E-state index is 4.49. The van der Waals surface area contributed by atoms with Crippen LogP contribution in [-0.2, 0) is 6.42 Å². The van der Waals surface area contributed by atoms with Gasteiger partial charge in [-0.1, -0.05) is 13.3 Å². The van der Waals surface area contributed by atoms with E-state index in [1.165, 1.54) is 6.42 Å². The van der Waals surface area contributed by atoms with Gasteiger partial charge in [-0.2, -0.15) is 0 Å². The Hall–Kier alpha value is -1.38. The van der Waals surface area contributed by atoms with E-state index < -0.39 is 0 Å². The third kappa shape index (κ3) is 1.76. The Morgan fingerprint density at radius 3 is 3.07 bits per heavy atom. The lowest BCUT2D eigenvalue weighted by molar-refractivity contribution is 0.757. The summed E-state index contributed by atoms with van der Waals surface area (Å²) in [7, 11) is 0. The van der Waals surface area contributed by atoms with E-state index in [2.05, 4.69) is 27.9 Å². The van der Waals surface area contributed by atoms with Crippen LogP contribution < -0.4 is 0 Å².